The number of ether oxygens (including phenoxy) is 1. The average molecular weight is 198 g/mol. The lowest BCUT2D eigenvalue weighted by molar-refractivity contribution is 0.231. The molecule has 0 aliphatic heterocycles. The highest BCUT2D eigenvalue weighted by Crippen LogP contribution is 2.20. The third-order valence-corrected chi connectivity index (χ3v) is 1.51. The maximum Gasteiger partial charge on any atom is 0.236 e. The summed E-state index contributed by atoms with van der Waals surface area (Å²) in [4.78, 5) is 7.48. The maximum absolute atomic E-state index is 8.72. The van der Waals surface area contributed by atoms with Crippen LogP contribution in [0.3, 0.4) is 0 Å². The van der Waals surface area contributed by atoms with Gasteiger partial charge in [0.25, 0.3) is 0 Å². The van der Waals surface area contributed by atoms with Crippen LogP contribution in [0.2, 0.25) is 5.15 Å². The van der Waals surface area contributed by atoms with Gasteiger partial charge >= 0.3 is 0 Å². The number of hydrogen-bond acceptors (Lipinski definition) is 4. The molecule has 0 aliphatic carbocycles. The van der Waals surface area contributed by atoms with Crippen molar-refractivity contribution in [2.75, 3.05) is 0 Å². The van der Waals surface area contributed by atoms with E-state index >= 15 is 0 Å². The van der Waals surface area contributed by atoms with Crippen LogP contribution in [-0.2, 0) is 0 Å². The summed E-state index contributed by atoms with van der Waals surface area (Å²) in [7, 11) is 0. The van der Waals surface area contributed by atoms with Crippen LogP contribution in [0.1, 0.15) is 19.4 Å². The van der Waals surface area contributed by atoms with E-state index in [4.69, 9.17) is 21.6 Å². The Morgan fingerprint density at radius 2 is 2.23 bits per heavy atom. The minimum absolute atomic E-state index is 0.0435. The second kappa shape index (κ2) is 4.06. The molecule has 0 N–H and O–H groups in total. The van der Waals surface area contributed by atoms with Gasteiger partial charge in [-0.05, 0) is 13.8 Å². The molecule has 0 radical (unpaired) electrons. The van der Waals surface area contributed by atoms with E-state index in [1.165, 1.54) is 6.33 Å². The highest BCUT2D eigenvalue weighted by Gasteiger charge is 2.11. The van der Waals surface area contributed by atoms with Crippen molar-refractivity contribution in [3.63, 3.8) is 0 Å². The zero-order valence-corrected chi connectivity index (χ0v) is 8.04. The molecule has 0 saturated carbocycles. The van der Waals surface area contributed by atoms with Gasteiger partial charge in [0.05, 0.1) is 6.10 Å². The molecule has 1 rings (SSSR count). The Morgan fingerprint density at radius 3 is 2.77 bits per heavy atom. The lowest BCUT2D eigenvalue weighted by Gasteiger charge is -2.09. The molecule has 0 atom stereocenters. The Morgan fingerprint density at radius 1 is 1.54 bits per heavy atom. The smallest absolute Gasteiger partial charge is 0.236 e. The summed E-state index contributed by atoms with van der Waals surface area (Å²) in [6.07, 6.45) is 1.22. The number of nitrogens with zero attached hydrogens (tertiary/aromatic N) is 3. The maximum atomic E-state index is 8.72. The molecule has 1 aromatic heterocycles. The Bertz CT molecular complexity index is 346. The van der Waals surface area contributed by atoms with Gasteiger partial charge in [-0.1, -0.05) is 11.6 Å². The summed E-state index contributed by atoms with van der Waals surface area (Å²) in [6.45, 7) is 3.69. The SMILES string of the molecule is CC(C)Oc1ncnc(Cl)c1C#N. The van der Waals surface area contributed by atoms with Crippen molar-refractivity contribution in [3.05, 3.63) is 17.0 Å². The zero-order chi connectivity index (χ0) is 9.84. The zero-order valence-electron chi connectivity index (χ0n) is 7.28. The third-order valence-electron chi connectivity index (χ3n) is 1.23. The van der Waals surface area contributed by atoms with E-state index in [2.05, 4.69) is 9.97 Å². The highest BCUT2D eigenvalue weighted by atomic mass is 35.5. The molecule has 0 spiro atoms. The Balaban J connectivity index is 3.07. The van der Waals surface area contributed by atoms with Gasteiger partial charge in [0.2, 0.25) is 5.88 Å². The molecule has 0 saturated heterocycles. The molecule has 1 heterocycles. The minimum Gasteiger partial charge on any atom is -0.474 e. The fourth-order valence-corrected chi connectivity index (χ4v) is 0.923. The topological polar surface area (TPSA) is 58.8 Å². The molecule has 1 aromatic rings. The molecule has 0 aromatic carbocycles. The molecule has 0 bridgehead atoms. The Hall–Kier alpha value is -1.34. The number of halogens is 1. The van der Waals surface area contributed by atoms with Crippen LogP contribution in [0.4, 0.5) is 0 Å². The molecule has 4 nitrogen and oxygen atoms in total. The van der Waals surface area contributed by atoms with E-state index in [9.17, 15) is 0 Å². The predicted molar refractivity (Wildman–Crippen MR) is 47.5 cm³/mol. The van der Waals surface area contributed by atoms with Gasteiger partial charge in [0, 0.05) is 0 Å². The van der Waals surface area contributed by atoms with Crippen LogP contribution in [-0.4, -0.2) is 16.1 Å². The van der Waals surface area contributed by atoms with Crippen LogP contribution in [0.25, 0.3) is 0 Å². The fraction of sp³-hybridized carbons (Fsp3) is 0.375. The van der Waals surface area contributed by atoms with Gasteiger partial charge in [-0.3, -0.25) is 0 Å². The molecule has 5 heteroatoms. The summed E-state index contributed by atoms with van der Waals surface area (Å²) in [5.41, 5.74) is 0.179. The summed E-state index contributed by atoms with van der Waals surface area (Å²) < 4.78 is 5.26. The van der Waals surface area contributed by atoms with Gasteiger partial charge < -0.3 is 4.74 Å². The van der Waals surface area contributed by atoms with E-state index in [-0.39, 0.29) is 22.7 Å². The second-order valence-electron chi connectivity index (χ2n) is 2.62. The van der Waals surface area contributed by atoms with Gasteiger partial charge in [-0.15, -0.1) is 0 Å². The molecule has 13 heavy (non-hydrogen) atoms. The van der Waals surface area contributed by atoms with E-state index in [0.717, 1.165) is 0 Å². The first-order valence-electron chi connectivity index (χ1n) is 3.72. The Labute approximate surface area is 81.1 Å². The van der Waals surface area contributed by atoms with Crippen molar-refractivity contribution in [2.24, 2.45) is 0 Å². The predicted octanol–water partition coefficient (Wildman–Crippen LogP) is 1.79. The van der Waals surface area contributed by atoms with Gasteiger partial charge in [0.15, 0.2) is 10.7 Å². The monoisotopic (exact) mass is 197 g/mol. The molecule has 0 aliphatic rings. The summed E-state index contributed by atoms with van der Waals surface area (Å²) in [6, 6.07) is 1.89. The van der Waals surface area contributed by atoms with E-state index in [1.807, 2.05) is 19.9 Å². The second-order valence-corrected chi connectivity index (χ2v) is 2.98. The van der Waals surface area contributed by atoms with Crippen molar-refractivity contribution >= 4 is 11.6 Å². The van der Waals surface area contributed by atoms with Crippen molar-refractivity contribution in [1.29, 1.82) is 5.26 Å². The summed E-state index contributed by atoms with van der Waals surface area (Å²) >= 11 is 5.66. The average Bonchev–Trinajstić information content (AvgIpc) is 2.03. The van der Waals surface area contributed by atoms with Crippen LogP contribution in [0.5, 0.6) is 5.88 Å². The van der Waals surface area contributed by atoms with E-state index in [0.29, 0.717) is 0 Å². The normalized spacial score (nSPS) is 9.77. The van der Waals surface area contributed by atoms with Crippen molar-refractivity contribution in [2.45, 2.75) is 20.0 Å². The van der Waals surface area contributed by atoms with Crippen LogP contribution >= 0.6 is 11.6 Å². The summed E-state index contributed by atoms with van der Waals surface area (Å²) in [5, 5.41) is 8.84. The van der Waals surface area contributed by atoms with Crippen molar-refractivity contribution in [1.82, 2.24) is 9.97 Å². The largest absolute Gasteiger partial charge is 0.474 e. The van der Waals surface area contributed by atoms with Crippen LogP contribution < -0.4 is 4.74 Å². The first-order chi connectivity index (χ1) is 6.15. The molecule has 0 fully saturated rings. The molecule has 0 amide bonds. The Kier molecular flexibility index (Phi) is 3.04. The van der Waals surface area contributed by atoms with Crippen molar-refractivity contribution in [3.8, 4) is 11.9 Å². The molecular weight excluding hydrogens is 190 g/mol. The minimum atomic E-state index is -0.0435. The van der Waals surface area contributed by atoms with Gasteiger partial charge in [-0.25, -0.2) is 9.97 Å². The highest BCUT2D eigenvalue weighted by molar-refractivity contribution is 6.30. The summed E-state index contributed by atoms with van der Waals surface area (Å²) in [5.74, 6) is 0.234. The van der Waals surface area contributed by atoms with Crippen molar-refractivity contribution < 1.29 is 4.74 Å². The third kappa shape index (κ3) is 2.30. The van der Waals surface area contributed by atoms with Gasteiger partial charge in [0.1, 0.15) is 12.4 Å². The molecule has 68 valence electrons. The number of rotatable bonds is 2. The van der Waals surface area contributed by atoms with E-state index < -0.39 is 0 Å². The van der Waals surface area contributed by atoms with Crippen LogP contribution in [0.15, 0.2) is 6.33 Å². The number of nitriles is 1. The number of hydrogen-bond donors (Lipinski definition) is 0. The number of aromatic nitrogens is 2. The standard InChI is InChI=1S/C8H8ClN3O/c1-5(2)13-8-6(3-10)7(9)11-4-12-8/h4-5H,1-2H3. The fourth-order valence-electron chi connectivity index (χ4n) is 0.756. The van der Waals surface area contributed by atoms with Gasteiger partial charge in [-0.2, -0.15) is 5.26 Å². The molecular formula is C8H8ClN3O. The van der Waals surface area contributed by atoms with Crippen LogP contribution in [0, 0.1) is 11.3 Å². The molecule has 0 unspecified atom stereocenters. The van der Waals surface area contributed by atoms with E-state index in [1.54, 1.807) is 0 Å². The first kappa shape index (κ1) is 9.75. The lowest BCUT2D eigenvalue weighted by atomic mass is 10.3. The lowest BCUT2D eigenvalue weighted by Crippen LogP contribution is -2.08. The first-order valence-corrected chi connectivity index (χ1v) is 4.10. The quantitative estimate of drug-likeness (QED) is 0.679.